The Morgan fingerprint density at radius 3 is 2.56 bits per heavy atom. The first-order chi connectivity index (χ1) is 8.66. The summed E-state index contributed by atoms with van der Waals surface area (Å²) in [5, 5.41) is 2.92. The third-order valence-electron chi connectivity index (χ3n) is 2.47. The van der Waals surface area contributed by atoms with Gasteiger partial charge in [0, 0.05) is 11.6 Å². The van der Waals surface area contributed by atoms with E-state index in [2.05, 4.69) is 5.32 Å². The summed E-state index contributed by atoms with van der Waals surface area (Å²) < 4.78 is 13.5. The molecule has 4 heteroatoms. The van der Waals surface area contributed by atoms with Crippen LogP contribution in [0.5, 0.6) is 0 Å². The number of benzene rings is 2. The highest BCUT2D eigenvalue weighted by molar-refractivity contribution is 6.30. The van der Waals surface area contributed by atoms with Gasteiger partial charge in [0.05, 0.1) is 5.56 Å². The van der Waals surface area contributed by atoms with Crippen LogP contribution in [-0.4, -0.2) is 5.91 Å². The topological polar surface area (TPSA) is 29.1 Å². The molecular weight excluding hydrogens is 253 g/mol. The second-order valence-corrected chi connectivity index (χ2v) is 4.23. The molecule has 1 N–H and O–H groups in total. The minimum Gasteiger partial charge on any atom is -0.348 e. The fourth-order valence-corrected chi connectivity index (χ4v) is 1.71. The SMILES string of the molecule is O=C(NCc1ccccc1)c1ccc(Cl)cc1F. The van der Waals surface area contributed by atoms with Gasteiger partial charge >= 0.3 is 0 Å². The molecule has 18 heavy (non-hydrogen) atoms. The van der Waals surface area contributed by atoms with E-state index in [9.17, 15) is 9.18 Å². The summed E-state index contributed by atoms with van der Waals surface area (Å²) in [7, 11) is 0. The van der Waals surface area contributed by atoms with Crippen molar-refractivity contribution in [3.8, 4) is 0 Å². The van der Waals surface area contributed by atoms with Gasteiger partial charge in [-0.1, -0.05) is 41.9 Å². The van der Waals surface area contributed by atoms with E-state index in [0.29, 0.717) is 6.54 Å². The van der Waals surface area contributed by atoms with Gasteiger partial charge in [-0.15, -0.1) is 0 Å². The molecule has 0 spiro atoms. The molecule has 2 aromatic carbocycles. The molecule has 0 aromatic heterocycles. The van der Waals surface area contributed by atoms with E-state index in [0.717, 1.165) is 11.6 Å². The highest BCUT2D eigenvalue weighted by atomic mass is 35.5. The first kappa shape index (κ1) is 12.6. The zero-order valence-electron chi connectivity index (χ0n) is 9.49. The molecule has 0 aliphatic carbocycles. The molecule has 0 atom stereocenters. The van der Waals surface area contributed by atoms with Gasteiger partial charge in [-0.2, -0.15) is 0 Å². The van der Waals surface area contributed by atoms with Crippen LogP contribution in [0.2, 0.25) is 5.02 Å². The average molecular weight is 264 g/mol. The Balaban J connectivity index is 2.04. The fourth-order valence-electron chi connectivity index (χ4n) is 1.55. The normalized spacial score (nSPS) is 10.1. The van der Waals surface area contributed by atoms with E-state index >= 15 is 0 Å². The zero-order chi connectivity index (χ0) is 13.0. The highest BCUT2D eigenvalue weighted by Gasteiger charge is 2.11. The maximum absolute atomic E-state index is 13.5. The molecule has 0 saturated heterocycles. The van der Waals surface area contributed by atoms with Crippen molar-refractivity contribution in [2.24, 2.45) is 0 Å². The van der Waals surface area contributed by atoms with Crippen LogP contribution < -0.4 is 5.32 Å². The largest absolute Gasteiger partial charge is 0.348 e. The molecular formula is C14H11ClFNO. The molecule has 0 aliphatic rings. The van der Waals surface area contributed by atoms with Gasteiger partial charge in [0.25, 0.3) is 5.91 Å². The molecule has 0 aliphatic heterocycles. The number of hydrogen-bond donors (Lipinski definition) is 1. The lowest BCUT2D eigenvalue weighted by Gasteiger charge is -2.06. The second kappa shape index (κ2) is 5.65. The van der Waals surface area contributed by atoms with Crippen LogP contribution in [0.25, 0.3) is 0 Å². The van der Waals surface area contributed by atoms with E-state index < -0.39 is 11.7 Å². The van der Waals surface area contributed by atoms with E-state index in [-0.39, 0.29) is 10.6 Å². The molecule has 0 saturated carbocycles. The summed E-state index contributed by atoms with van der Waals surface area (Å²) in [5.74, 6) is -1.07. The van der Waals surface area contributed by atoms with Crippen molar-refractivity contribution in [2.75, 3.05) is 0 Å². The van der Waals surface area contributed by atoms with Crippen LogP contribution in [0, 0.1) is 5.82 Å². The molecule has 2 nitrogen and oxygen atoms in total. The van der Waals surface area contributed by atoms with Crippen LogP contribution >= 0.6 is 11.6 Å². The van der Waals surface area contributed by atoms with Gasteiger partial charge in [0.1, 0.15) is 5.82 Å². The lowest BCUT2D eigenvalue weighted by molar-refractivity contribution is 0.0947. The van der Waals surface area contributed by atoms with Crippen LogP contribution in [0.15, 0.2) is 48.5 Å². The van der Waals surface area contributed by atoms with E-state index in [4.69, 9.17) is 11.6 Å². The summed E-state index contributed by atoms with van der Waals surface area (Å²) in [5.41, 5.74) is 0.954. The summed E-state index contributed by atoms with van der Waals surface area (Å²) >= 11 is 5.62. The van der Waals surface area contributed by atoms with Crippen molar-refractivity contribution in [3.63, 3.8) is 0 Å². The molecule has 1 amide bonds. The summed E-state index contributed by atoms with van der Waals surface area (Å²) in [6.07, 6.45) is 0. The van der Waals surface area contributed by atoms with E-state index in [1.165, 1.54) is 12.1 Å². The number of rotatable bonds is 3. The molecule has 0 fully saturated rings. The number of carbonyl (C=O) groups is 1. The summed E-state index contributed by atoms with van der Waals surface area (Å²) in [4.78, 5) is 11.8. The van der Waals surface area contributed by atoms with Crippen LogP contribution in [0.1, 0.15) is 15.9 Å². The van der Waals surface area contributed by atoms with E-state index in [1.54, 1.807) is 0 Å². The Morgan fingerprint density at radius 2 is 1.89 bits per heavy atom. The Bertz CT molecular complexity index is 557. The molecule has 2 rings (SSSR count). The van der Waals surface area contributed by atoms with Crippen molar-refractivity contribution in [3.05, 3.63) is 70.5 Å². The number of amides is 1. The third-order valence-corrected chi connectivity index (χ3v) is 2.71. The van der Waals surface area contributed by atoms with Crippen LogP contribution in [-0.2, 0) is 6.54 Å². The second-order valence-electron chi connectivity index (χ2n) is 3.79. The number of carbonyl (C=O) groups excluding carboxylic acids is 1. The minimum atomic E-state index is -0.618. The van der Waals surface area contributed by atoms with Gasteiger partial charge in [0.15, 0.2) is 0 Å². The first-order valence-electron chi connectivity index (χ1n) is 5.44. The fraction of sp³-hybridized carbons (Fsp3) is 0.0714. The van der Waals surface area contributed by atoms with Crippen molar-refractivity contribution in [2.45, 2.75) is 6.54 Å². The Morgan fingerprint density at radius 1 is 1.17 bits per heavy atom. The lowest BCUT2D eigenvalue weighted by Crippen LogP contribution is -2.23. The molecule has 0 bridgehead atoms. The number of halogens is 2. The van der Waals surface area contributed by atoms with Crippen LogP contribution in [0.4, 0.5) is 4.39 Å². The van der Waals surface area contributed by atoms with Gasteiger partial charge in [-0.3, -0.25) is 4.79 Å². The van der Waals surface area contributed by atoms with Crippen molar-refractivity contribution >= 4 is 17.5 Å². The Hall–Kier alpha value is -1.87. The average Bonchev–Trinajstić information content (AvgIpc) is 2.37. The molecule has 0 radical (unpaired) electrons. The maximum Gasteiger partial charge on any atom is 0.254 e. The number of nitrogens with one attached hydrogen (secondary N) is 1. The van der Waals surface area contributed by atoms with E-state index in [1.807, 2.05) is 30.3 Å². The standard InChI is InChI=1S/C14H11ClFNO/c15-11-6-7-12(13(16)8-11)14(18)17-9-10-4-2-1-3-5-10/h1-8H,9H2,(H,17,18). The third kappa shape index (κ3) is 3.08. The monoisotopic (exact) mass is 263 g/mol. The molecule has 92 valence electrons. The van der Waals surface area contributed by atoms with Gasteiger partial charge in [-0.05, 0) is 23.8 Å². The summed E-state index contributed by atoms with van der Waals surface area (Å²) in [6.45, 7) is 0.363. The Kier molecular flexibility index (Phi) is 3.95. The maximum atomic E-state index is 13.5. The lowest BCUT2D eigenvalue weighted by atomic mass is 10.2. The predicted octanol–water partition coefficient (Wildman–Crippen LogP) is 3.41. The predicted molar refractivity (Wildman–Crippen MR) is 69.0 cm³/mol. The zero-order valence-corrected chi connectivity index (χ0v) is 10.2. The molecule has 0 unspecified atom stereocenters. The van der Waals surface area contributed by atoms with Gasteiger partial charge in [-0.25, -0.2) is 4.39 Å². The molecule has 0 heterocycles. The van der Waals surface area contributed by atoms with Crippen LogP contribution in [0.3, 0.4) is 0 Å². The van der Waals surface area contributed by atoms with Crippen molar-refractivity contribution in [1.82, 2.24) is 5.32 Å². The van der Waals surface area contributed by atoms with Crippen molar-refractivity contribution in [1.29, 1.82) is 0 Å². The van der Waals surface area contributed by atoms with Gasteiger partial charge in [0.2, 0.25) is 0 Å². The quantitative estimate of drug-likeness (QED) is 0.903. The number of hydrogen-bond acceptors (Lipinski definition) is 1. The first-order valence-corrected chi connectivity index (χ1v) is 5.82. The smallest absolute Gasteiger partial charge is 0.254 e. The van der Waals surface area contributed by atoms with Gasteiger partial charge < -0.3 is 5.32 Å². The summed E-state index contributed by atoms with van der Waals surface area (Å²) in [6, 6.07) is 13.4. The highest BCUT2D eigenvalue weighted by Crippen LogP contribution is 2.14. The Labute approximate surface area is 109 Å². The molecule has 2 aromatic rings. The minimum absolute atomic E-state index is 0.00432. The van der Waals surface area contributed by atoms with Crippen molar-refractivity contribution < 1.29 is 9.18 Å².